The molecule has 0 saturated heterocycles. The van der Waals surface area contributed by atoms with Crippen LogP contribution >= 0.6 is 23.2 Å². The summed E-state index contributed by atoms with van der Waals surface area (Å²) in [5, 5.41) is 15.5. The molecule has 5 nitrogen and oxygen atoms in total. The molecule has 0 unspecified atom stereocenters. The molecule has 2 rings (SSSR count). The molecule has 0 heterocycles. The number of aliphatic hydroxyl groups excluding tert-OH is 1. The standard InChI is InChI=1S/C15H18Cl2N2O3/c16-10-5-6-12(11(17)7-10)19-15(22)14(21)18-8-9-3-1-2-4-13(9)20/h5-7,9,13,20H,1-4,8H2,(H,18,21)(H,19,22)/t9-,13-/m1/s1. The largest absolute Gasteiger partial charge is 0.393 e. The number of benzene rings is 1. The highest BCUT2D eigenvalue weighted by atomic mass is 35.5. The summed E-state index contributed by atoms with van der Waals surface area (Å²) in [5.41, 5.74) is 0.323. The van der Waals surface area contributed by atoms with Gasteiger partial charge in [-0.25, -0.2) is 0 Å². The lowest BCUT2D eigenvalue weighted by Crippen LogP contribution is -2.41. The van der Waals surface area contributed by atoms with Crippen molar-refractivity contribution in [3.63, 3.8) is 0 Å². The minimum Gasteiger partial charge on any atom is -0.393 e. The molecular weight excluding hydrogens is 327 g/mol. The lowest BCUT2D eigenvalue weighted by atomic mass is 9.86. The maximum Gasteiger partial charge on any atom is 0.313 e. The molecule has 1 fully saturated rings. The van der Waals surface area contributed by atoms with Crippen LogP contribution in [0.5, 0.6) is 0 Å². The van der Waals surface area contributed by atoms with Gasteiger partial charge in [0.1, 0.15) is 0 Å². The number of anilines is 1. The maximum atomic E-state index is 11.8. The van der Waals surface area contributed by atoms with Gasteiger partial charge in [-0.15, -0.1) is 0 Å². The zero-order valence-corrected chi connectivity index (χ0v) is 13.5. The van der Waals surface area contributed by atoms with Gasteiger partial charge >= 0.3 is 11.8 Å². The van der Waals surface area contributed by atoms with Gasteiger partial charge in [-0.1, -0.05) is 36.0 Å². The van der Waals surface area contributed by atoms with Gasteiger partial charge in [0.2, 0.25) is 0 Å². The zero-order chi connectivity index (χ0) is 16.1. The van der Waals surface area contributed by atoms with Crippen molar-refractivity contribution in [1.29, 1.82) is 0 Å². The van der Waals surface area contributed by atoms with Crippen LogP contribution in [0.2, 0.25) is 10.0 Å². The Morgan fingerprint density at radius 1 is 1.18 bits per heavy atom. The molecule has 120 valence electrons. The second-order valence-electron chi connectivity index (χ2n) is 5.40. The predicted octanol–water partition coefficient (Wildman–Crippen LogP) is 2.60. The van der Waals surface area contributed by atoms with Gasteiger partial charge in [0.15, 0.2) is 0 Å². The van der Waals surface area contributed by atoms with Crippen LogP contribution in [-0.2, 0) is 9.59 Å². The third-order valence-electron chi connectivity index (χ3n) is 3.78. The Morgan fingerprint density at radius 3 is 2.59 bits per heavy atom. The van der Waals surface area contributed by atoms with Crippen molar-refractivity contribution >= 4 is 40.7 Å². The number of aliphatic hydroxyl groups is 1. The molecule has 0 spiro atoms. The van der Waals surface area contributed by atoms with Crippen LogP contribution in [0.3, 0.4) is 0 Å². The highest BCUT2D eigenvalue weighted by molar-refractivity contribution is 6.42. The van der Waals surface area contributed by atoms with Gasteiger partial charge in [-0.3, -0.25) is 9.59 Å². The Hall–Kier alpha value is -1.30. The summed E-state index contributed by atoms with van der Waals surface area (Å²) in [7, 11) is 0. The van der Waals surface area contributed by atoms with E-state index in [0.29, 0.717) is 17.3 Å². The molecule has 2 atom stereocenters. The Kier molecular flexibility index (Phi) is 6.06. The highest BCUT2D eigenvalue weighted by Gasteiger charge is 2.24. The normalized spacial score (nSPS) is 21.2. The van der Waals surface area contributed by atoms with Gasteiger partial charge in [0, 0.05) is 17.5 Å². The van der Waals surface area contributed by atoms with E-state index in [0.717, 1.165) is 25.7 Å². The molecule has 1 aromatic rings. The molecule has 0 bridgehead atoms. The molecule has 0 aliphatic heterocycles. The molecule has 0 aromatic heterocycles. The van der Waals surface area contributed by atoms with Gasteiger partial charge in [-0.05, 0) is 31.0 Å². The first kappa shape index (κ1) is 17.1. The second-order valence-corrected chi connectivity index (χ2v) is 6.24. The first-order valence-corrected chi connectivity index (χ1v) is 7.95. The van der Waals surface area contributed by atoms with E-state index in [2.05, 4.69) is 10.6 Å². The number of amides is 2. The molecule has 7 heteroatoms. The minimum atomic E-state index is -0.797. The van der Waals surface area contributed by atoms with Crippen molar-refractivity contribution in [2.24, 2.45) is 5.92 Å². The monoisotopic (exact) mass is 344 g/mol. The topological polar surface area (TPSA) is 78.4 Å². The van der Waals surface area contributed by atoms with Gasteiger partial charge in [0.25, 0.3) is 0 Å². The summed E-state index contributed by atoms with van der Waals surface area (Å²) in [6.07, 6.45) is 3.22. The Morgan fingerprint density at radius 2 is 1.91 bits per heavy atom. The minimum absolute atomic E-state index is 0.00428. The molecule has 3 N–H and O–H groups in total. The lowest BCUT2D eigenvalue weighted by Gasteiger charge is -2.27. The first-order chi connectivity index (χ1) is 10.5. The number of carbonyl (C=O) groups is 2. The second kappa shape index (κ2) is 7.81. The van der Waals surface area contributed by atoms with E-state index in [1.165, 1.54) is 12.1 Å². The lowest BCUT2D eigenvalue weighted by molar-refractivity contribution is -0.136. The van der Waals surface area contributed by atoms with Gasteiger partial charge < -0.3 is 15.7 Å². The molecule has 1 aliphatic rings. The van der Waals surface area contributed by atoms with E-state index >= 15 is 0 Å². The van der Waals surface area contributed by atoms with Crippen molar-refractivity contribution in [2.75, 3.05) is 11.9 Å². The van der Waals surface area contributed by atoms with Crippen molar-refractivity contribution < 1.29 is 14.7 Å². The average Bonchev–Trinajstić information content (AvgIpc) is 2.49. The quantitative estimate of drug-likeness (QED) is 0.737. The van der Waals surface area contributed by atoms with Gasteiger partial charge in [-0.2, -0.15) is 0 Å². The number of hydrogen-bond donors (Lipinski definition) is 3. The SMILES string of the molecule is O=C(NC[C@H]1CCCC[C@H]1O)C(=O)Nc1ccc(Cl)cc1Cl. The number of hydrogen-bond acceptors (Lipinski definition) is 3. The maximum absolute atomic E-state index is 11.8. The van der Waals surface area contributed by atoms with E-state index in [1.54, 1.807) is 6.07 Å². The first-order valence-electron chi connectivity index (χ1n) is 7.19. The summed E-state index contributed by atoms with van der Waals surface area (Å²) in [5.74, 6) is -1.54. The summed E-state index contributed by atoms with van der Waals surface area (Å²) < 4.78 is 0. The highest BCUT2D eigenvalue weighted by Crippen LogP contribution is 2.25. The molecule has 0 radical (unpaired) electrons. The van der Waals surface area contributed by atoms with Crippen LogP contribution < -0.4 is 10.6 Å². The van der Waals surface area contributed by atoms with Crippen LogP contribution in [0.25, 0.3) is 0 Å². The molecule has 2 amide bonds. The number of halogens is 2. The van der Waals surface area contributed by atoms with Crippen molar-refractivity contribution in [1.82, 2.24) is 5.32 Å². The Labute approximate surface area is 139 Å². The predicted molar refractivity (Wildman–Crippen MR) is 86.1 cm³/mol. The Balaban J connectivity index is 1.85. The van der Waals surface area contributed by atoms with Gasteiger partial charge in [0.05, 0.1) is 16.8 Å². The molecule has 1 aliphatic carbocycles. The van der Waals surface area contributed by atoms with E-state index in [1.807, 2.05) is 0 Å². The fourth-order valence-electron chi connectivity index (χ4n) is 2.50. The van der Waals surface area contributed by atoms with Crippen molar-refractivity contribution in [2.45, 2.75) is 31.8 Å². The summed E-state index contributed by atoms with van der Waals surface area (Å²) in [6.45, 7) is 0.293. The smallest absolute Gasteiger partial charge is 0.313 e. The third-order valence-corrected chi connectivity index (χ3v) is 4.33. The van der Waals surface area contributed by atoms with Crippen LogP contribution in [0.1, 0.15) is 25.7 Å². The van der Waals surface area contributed by atoms with Crippen molar-refractivity contribution in [3.8, 4) is 0 Å². The van der Waals surface area contributed by atoms with E-state index in [-0.39, 0.29) is 10.9 Å². The molecule has 1 saturated carbocycles. The van der Waals surface area contributed by atoms with E-state index in [4.69, 9.17) is 23.2 Å². The van der Waals surface area contributed by atoms with E-state index < -0.39 is 17.9 Å². The molecule has 22 heavy (non-hydrogen) atoms. The summed E-state index contributed by atoms with van der Waals surface area (Å²) >= 11 is 11.7. The Bertz CT molecular complexity index is 566. The number of rotatable bonds is 3. The summed E-state index contributed by atoms with van der Waals surface area (Å²) in [6, 6.07) is 4.58. The van der Waals surface area contributed by atoms with Crippen LogP contribution in [-0.4, -0.2) is 29.6 Å². The molecule has 1 aromatic carbocycles. The fourth-order valence-corrected chi connectivity index (χ4v) is 2.96. The van der Waals surface area contributed by atoms with E-state index in [9.17, 15) is 14.7 Å². The number of carbonyl (C=O) groups excluding carboxylic acids is 2. The number of nitrogens with one attached hydrogen (secondary N) is 2. The van der Waals surface area contributed by atoms with Crippen LogP contribution in [0, 0.1) is 5.92 Å². The third kappa shape index (κ3) is 4.60. The van der Waals surface area contributed by atoms with Crippen LogP contribution in [0.15, 0.2) is 18.2 Å². The van der Waals surface area contributed by atoms with Crippen molar-refractivity contribution in [3.05, 3.63) is 28.2 Å². The fraction of sp³-hybridized carbons (Fsp3) is 0.467. The van der Waals surface area contributed by atoms with Crippen LogP contribution in [0.4, 0.5) is 5.69 Å². The molecular formula is C15H18Cl2N2O3. The summed E-state index contributed by atoms with van der Waals surface area (Å²) in [4.78, 5) is 23.6. The zero-order valence-electron chi connectivity index (χ0n) is 11.9. The average molecular weight is 345 g/mol.